The van der Waals surface area contributed by atoms with Crippen LogP contribution < -0.4 is 5.73 Å². The molecule has 0 amide bonds. The Morgan fingerprint density at radius 3 is 2.55 bits per heavy atom. The van der Waals surface area contributed by atoms with E-state index in [1.165, 1.54) is 7.11 Å². The summed E-state index contributed by atoms with van der Waals surface area (Å²) in [5, 5.41) is 0. The van der Waals surface area contributed by atoms with E-state index in [9.17, 15) is 4.79 Å². The van der Waals surface area contributed by atoms with Crippen molar-refractivity contribution in [2.45, 2.75) is 12.8 Å². The quantitative estimate of drug-likeness (QED) is 0.631. The fraction of sp³-hybridized carbons (Fsp3) is 0.857. The summed E-state index contributed by atoms with van der Waals surface area (Å²) in [6, 6.07) is 0. The third-order valence-corrected chi connectivity index (χ3v) is 2.22. The molecule has 0 aromatic heterocycles. The van der Waals surface area contributed by atoms with Gasteiger partial charge in [-0.05, 0) is 25.3 Å². The van der Waals surface area contributed by atoms with Crippen molar-refractivity contribution in [3.63, 3.8) is 0 Å². The molecular formula is C7H14ClNO2. The topological polar surface area (TPSA) is 52.3 Å². The number of hydrogen-bond acceptors (Lipinski definition) is 3. The molecule has 1 saturated carbocycles. The Hall–Kier alpha value is -0.280. The predicted octanol–water partition coefficient (Wildman–Crippen LogP) is 0.566. The van der Waals surface area contributed by atoms with Crippen LogP contribution in [0.1, 0.15) is 12.8 Å². The van der Waals surface area contributed by atoms with E-state index in [0.29, 0.717) is 12.5 Å². The van der Waals surface area contributed by atoms with Crippen LogP contribution in [-0.2, 0) is 9.53 Å². The van der Waals surface area contributed by atoms with Crippen molar-refractivity contribution in [3.05, 3.63) is 0 Å². The van der Waals surface area contributed by atoms with Crippen molar-refractivity contribution in [2.75, 3.05) is 13.7 Å². The van der Waals surface area contributed by atoms with E-state index in [1.54, 1.807) is 0 Å². The second-order valence-electron chi connectivity index (χ2n) is 2.70. The number of carbonyl (C=O) groups is 1. The second-order valence-corrected chi connectivity index (χ2v) is 2.70. The summed E-state index contributed by atoms with van der Waals surface area (Å²) in [6.45, 7) is 0.611. The first-order valence-corrected chi connectivity index (χ1v) is 3.57. The molecule has 66 valence electrons. The van der Waals surface area contributed by atoms with Gasteiger partial charge in [0.1, 0.15) is 0 Å². The summed E-state index contributed by atoms with van der Waals surface area (Å²) in [5.74, 6) is 0.379. The standard InChI is InChI=1S/C7H13NO2.ClH/c1-10-7(9)6-3-2-5(6)4-8;/h5-6H,2-4,8H2,1H3;1H/t5-,6-;/m0./s1. The minimum Gasteiger partial charge on any atom is -0.469 e. The molecule has 4 heteroatoms. The van der Waals surface area contributed by atoms with Crippen molar-refractivity contribution >= 4 is 18.4 Å². The van der Waals surface area contributed by atoms with Crippen LogP contribution in [0, 0.1) is 11.8 Å². The van der Waals surface area contributed by atoms with Crippen molar-refractivity contribution in [2.24, 2.45) is 17.6 Å². The SMILES string of the molecule is COC(=O)[C@H]1CC[C@H]1CN.Cl. The maximum atomic E-state index is 10.9. The van der Waals surface area contributed by atoms with E-state index in [2.05, 4.69) is 4.74 Å². The van der Waals surface area contributed by atoms with Crippen LogP contribution in [0.25, 0.3) is 0 Å². The molecule has 0 aromatic rings. The number of hydrogen-bond donors (Lipinski definition) is 1. The van der Waals surface area contributed by atoms with Crippen LogP contribution in [0.2, 0.25) is 0 Å². The minimum absolute atomic E-state index is 0. The zero-order chi connectivity index (χ0) is 7.56. The lowest BCUT2D eigenvalue weighted by Crippen LogP contribution is -2.38. The minimum atomic E-state index is -0.0956. The largest absolute Gasteiger partial charge is 0.469 e. The maximum Gasteiger partial charge on any atom is 0.308 e. The lowest BCUT2D eigenvalue weighted by atomic mass is 9.74. The third-order valence-electron chi connectivity index (χ3n) is 2.22. The fourth-order valence-electron chi connectivity index (χ4n) is 1.31. The summed E-state index contributed by atoms with van der Waals surface area (Å²) in [7, 11) is 1.42. The van der Waals surface area contributed by atoms with E-state index in [-0.39, 0.29) is 24.3 Å². The fourth-order valence-corrected chi connectivity index (χ4v) is 1.31. The molecule has 0 aromatic carbocycles. The summed E-state index contributed by atoms with van der Waals surface area (Å²) >= 11 is 0. The van der Waals surface area contributed by atoms with Crippen LogP contribution in [0.5, 0.6) is 0 Å². The van der Waals surface area contributed by atoms with Crippen LogP contribution in [0.15, 0.2) is 0 Å². The Bertz CT molecular complexity index is 138. The van der Waals surface area contributed by atoms with Crippen molar-refractivity contribution in [1.29, 1.82) is 0 Å². The number of methoxy groups -OCH3 is 1. The highest BCUT2D eigenvalue weighted by Gasteiger charge is 2.35. The van der Waals surface area contributed by atoms with Gasteiger partial charge < -0.3 is 10.5 Å². The monoisotopic (exact) mass is 179 g/mol. The summed E-state index contributed by atoms with van der Waals surface area (Å²) in [4.78, 5) is 10.9. The van der Waals surface area contributed by atoms with E-state index in [4.69, 9.17) is 5.73 Å². The predicted molar refractivity (Wildman–Crippen MR) is 44.5 cm³/mol. The zero-order valence-corrected chi connectivity index (χ0v) is 7.39. The Labute approximate surface area is 72.7 Å². The Balaban J connectivity index is 0.000001000. The molecule has 3 nitrogen and oxygen atoms in total. The molecule has 1 aliphatic rings. The summed E-state index contributed by atoms with van der Waals surface area (Å²) < 4.78 is 4.59. The maximum absolute atomic E-state index is 10.9. The number of esters is 1. The van der Waals surface area contributed by atoms with E-state index < -0.39 is 0 Å². The Kier molecular flexibility index (Phi) is 4.45. The highest BCUT2D eigenvalue weighted by molar-refractivity contribution is 5.85. The lowest BCUT2D eigenvalue weighted by Gasteiger charge is -2.32. The molecule has 2 N–H and O–H groups in total. The van der Waals surface area contributed by atoms with Gasteiger partial charge in [-0.1, -0.05) is 0 Å². The van der Waals surface area contributed by atoms with Gasteiger partial charge in [-0.2, -0.15) is 0 Å². The summed E-state index contributed by atoms with van der Waals surface area (Å²) in [5.41, 5.74) is 5.41. The molecule has 0 saturated heterocycles. The summed E-state index contributed by atoms with van der Waals surface area (Å²) in [6.07, 6.45) is 2.03. The number of nitrogens with two attached hydrogens (primary N) is 1. The van der Waals surface area contributed by atoms with Gasteiger partial charge in [0, 0.05) is 0 Å². The average Bonchev–Trinajstić information content (AvgIpc) is 1.86. The average molecular weight is 180 g/mol. The molecule has 1 rings (SSSR count). The molecule has 0 spiro atoms. The third kappa shape index (κ3) is 2.07. The van der Waals surface area contributed by atoms with E-state index >= 15 is 0 Å². The van der Waals surface area contributed by atoms with Gasteiger partial charge in [0.05, 0.1) is 13.0 Å². The number of rotatable bonds is 2. The van der Waals surface area contributed by atoms with Crippen LogP contribution in [0.4, 0.5) is 0 Å². The van der Waals surface area contributed by atoms with Crippen molar-refractivity contribution in [1.82, 2.24) is 0 Å². The van der Waals surface area contributed by atoms with Gasteiger partial charge in [0.2, 0.25) is 0 Å². The van der Waals surface area contributed by atoms with Crippen LogP contribution in [-0.4, -0.2) is 19.6 Å². The van der Waals surface area contributed by atoms with Crippen molar-refractivity contribution < 1.29 is 9.53 Å². The van der Waals surface area contributed by atoms with Crippen molar-refractivity contribution in [3.8, 4) is 0 Å². The van der Waals surface area contributed by atoms with E-state index in [0.717, 1.165) is 12.8 Å². The molecule has 0 unspecified atom stereocenters. The molecule has 0 aliphatic heterocycles. The highest BCUT2D eigenvalue weighted by atomic mass is 35.5. The Morgan fingerprint density at radius 1 is 1.64 bits per heavy atom. The first-order valence-electron chi connectivity index (χ1n) is 3.57. The van der Waals surface area contributed by atoms with Gasteiger partial charge in [0.15, 0.2) is 0 Å². The Morgan fingerprint density at radius 2 is 2.27 bits per heavy atom. The second kappa shape index (κ2) is 4.57. The first kappa shape index (κ1) is 10.7. The molecule has 1 fully saturated rings. The first-order chi connectivity index (χ1) is 4.79. The van der Waals surface area contributed by atoms with Gasteiger partial charge in [-0.25, -0.2) is 0 Å². The molecular weight excluding hydrogens is 166 g/mol. The number of ether oxygens (including phenoxy) is 1. The lowest BCUT2D eigenvalue weighted by molar-refractivity contribution is -0.151. The zero-order valence-electron chi connectivity index (χ0n) is 6.58. The smallest absolute Gasteiger partial charge is 0.308 e. The normalized spacial score (nSPS) is 28.2. The molecule has 0 bridgehead atoms. The molecule has 0 radical (unpaired) electrons. The molecule has 1 aliphatic carbocycles. The van der Waals surface area contributed by atoms with Crippen LogP contribution >= 0.6 is 12.4 Å². The molecule has 0 heterocycles. The number of halogens is 1. The molecule has 11 heavy (non-hydrogen) atoms. The highest BCUT2D eigenvalue weighted by Crippen LogP contribution is 2.33. The van der Waals surface area contributed by atoms with Crippen LogP contribution in [0.3, 0.4) is 0 Å². The number of carbonyl (C=O) groups excluding carboxylic acids is 1. The van der Waals surface area contributed by atoms with E-state index in [1.807, 2.05) is 0 Å². The van der Waals surface area contributed by atoms with Gasteiger partial charge >= 0.3 is 5.97 Å². The van der Waals surface area contributed by atoms with Gasteiger partial charge in [-0.3, -0.25) is 4.79 Å². The van der Waals surface area contributed by atoms with Gasteiger partial charge in [-0.15, -0.1) is 12.4 Å². The van der Waals surface area contributed by atoms with Gasteiger partial charge in [0.25, 0.3) is 0 Å². The molecule has 2 atom stereocenters.